The first-order valence-corrected chi connectivity index (χ1v) is 14.2. The molecule has 3 aliphatic carbocycles. The van der Waals surface area contributed by atoms with Gasteiger partial charge in [0.05, 0.1) is 11.0 Å². The van der Waals surface area contributed by atoms with E-state index in [1.54, 1.807) is 18.5 Å². The number of aliphatic hydroxyl groups is 1. The van der Waals surface area contributed by atoms with Gasteiger partial charge in [-0.15, -0.1) is 0 Å². The van der Waals surface area contributed by atoms with Crippen molar-refractivity contribution in [2.45, 2.75) is 55.3 Å². The van der Waals surface area contributed by atoms with Gasteiger partial charge in [0.2, 0.25) is 5.91 Å². The van der Waals surface area contributed by atoms with Crippen LogP contribution in [0.3, 0.4) is 0 Å². The molecule has 1 saturated heterocycles. The van der Waals surface area contributed by atoms with Crippen LogP contribution >= 0.6 is 0 Å². The lowest BCUT2D eigenvalue weighted by Crippen LogP contribution is -2.78. The molecule has 204 valence electrons. The van der Waals surface area contributed by atoms with Gasteiger partial charge in [0.1, 0.15) is 5.92 Å². The molecule has 2 saturated carbocycles. The van der Waals surface area contributed by atoms with Crippen LogP contribution in [0.5, 0.6) is 11.5 Å². The number of benzene rings is 2. The number of ketones is 1. The summed E-state index contributed by atoms with van der Waals surface area (Å²) < 4.78 is 6.25. The maximum absolute atomic E-state index is 14.0. The zero-order valence-electron chi connectivity index (χ0n) is 22.0. The van der Waals surface area contributed by atoms with Crippen LogP contribution in [0.1, 0.15) is 36.8 Å². The normalized spacial score (nSPS) is 31.8. The summed E-state index contributed by atoms with van der Waals surface area (Å²) in [6, 6.07) is 14.6. The molecule has 1 aromatic heterocycles. The molecule has 3 fully saturated rings. The summed E-state index contributed by atoms with van der Waals surface area (Å²) in [5.41, 5.74) is 2.10. The largest absolute Gasteiger partial charge is 0.504 e. The number of hydrogen-bond acceptors (Lipinski definition) is 7. The SMILES string of the molecule is O=C(Nc1ccc(-c2ccncc2)cc1)C1C[C@@]2(O)[C@H]3Cc4ccc(O)c5c4[C@@]2(CCN3CC2CC2)[C@@H](O5)C1=O. The van der Waals surface area contributed by atoms with Gasteiger partial charge < -0.3 is 20.3 Å². The average Bonchev–Trinajstić information content (AvgIpc) is 3.71. The van der Waals surface area contributed by atoms with Gasteiger partial charge in [-0.25, -0.2) is 0 Å². The summed E-state index contributed by atoms with van der Waals surface area (Å²) in [6.07, 6.45) is 6.05. The van der Waals surface area contributed by atoms with Crippen molar-refractivity contribution in [3.05, 3.63) is 72.1 Å². The van der Waals surface area contributed by atoms with Crippen molar-refractivity contribution in [2.24, 2.45) is 11.8 Å². The fourth-order valence-electron chi connectivity index (χ4n) is 8.04. The molecule has 1 amide bonds. The van der Waals surface area contributed by atoms with Crippen LogP contribution in [-0.2, 0) is 21.4 Å². The van der Waals surface area contributed by atoms with Crippen LogP contribution in [0.15, 0.2) is 60.9 Å². The Hall–Kier alpha value is -3.75. The van der Waals surface area contributed by atoms with E-state index in [9.17, 15) is 19.8 Å². The van der Waals surface area contributed by atoms with Gasteiger partial charge in [-0.1, -0.05) is 18.2 Å². The van der Waals surface area contributed by atoms with Crippen LogP contribution in [0.4, 0.5) is 5.69 Å². The number of aromatic nitrogens is 1. The van der Waals surface area contributed by atoms with Gasteiger partial charge in [-0.05, 0) is 91.6 Å². The van der Waals surface area contributed by atoms with Crippen molar-refractivity contribution >= 4 is 17.4 Å². The highest BCUT2D eigenvalue weighted by molar-refractivity contribution is 6.10. The minimum absolute atomic E-state index is 0.0215. The van der Waals surface area contributed by atoms with Crippen LogP contribution < -0.4 is 10.1 Å². The molecule has 0 radical (unpaired) electrons. The van der Waals surface area contributed by atoms with E-state index in [1.165, 1.54) is 12.8 Å². The molecule has 5 atom stereocenters. The highest BCUT2D eigenvalue weighted by Gasteiger charge is 2.75. The Morgan fingerprint density at radius 2 is 1.82 bits per heavy atom. The molecule has 1 spiro atoms. The zero-order chi connectivity index (χ0) is 27.2. The zero-order valence-corrected chi connectivity index (χ0v) is 22.0. The third kappa shape index (κ3) is 3.23. The van der Waals surface area contributed by atoms with Crippen LogP contribution in [0.2, 0.25) is 0 Å². The molecule has 8 rings (SSSR count). The number of rotatable bonds is 5. The number of amides is 1. The molecule has 8 nitrogen and oxygen atoms in total. The van der Waals surface area contributed by atoms with E-state index < -0.39 is 28.9 Å². The number of hydrogen-bond donors (Lipinski definition) is 3. The topological polar surface area (TPSA) is 112 Å². The van der Waals surface area contributed by atoms with Gasteiger partial charge in [0.25, 0.3) is 0 Å². The van der Waals surface area contributed by atoms with Crippen molar-refractivity contribution in [3.8, 4) is 22.6 Å². The standard InChI is InChI=1S/C32H31N3O5/c36-24-8-5-21-15-25-32(39)16-23(30(38)34-22-6-3-19(4-7-22)20-9-12-33-13-10-20)27(37)29-31(32,26(21)28(24)40-29)11-14-35(25)17-18-1-2-18/h3-10,12-13,18,23,25,29,36,39H,1-2,11,14-17H2,(H,34,38)/t23?,25-,29+,31+,32-/m1/s1. The number of anilines is 1. The van der Waals surface area contributed by atoms with Crippen molar-refractivity contribution < 1.29 is 24.5 Å². The first kappa shape index (κ1) is 24.1. The predicted octanol–water partition coefficient (Wildman–Crippen LogP) is 3.45. The molecule has 2 bridgehead atoms. The number of nitrogens with zero attached hydrogens (tertiary/aromatic N) is 2. The molecule has 5 aliphatic rings. The van der Waals surface area contributed by atoms with Gasteiger partial charge >= 0.3 is 0 Å². The number of piperidine rings is 1. The minimum Gasteiger partial charge on any atom is -0.504 e. The molecular formula is C32H31N3O5. The van der Waals surface area contributed by atoms with E-state index in [2.05, 4.69) is 15.2 Å². The third-order valence-electron chi connectivity index (χ3n) is 10.1. The number of nitrogens with one attached hydrogen (secondary N) is 1. The third-order valence-corrected chi connectivity index (χ3v) is 10.1. The Morgan fingerprint density at radius 3 is 2.58 bits per heavy atom. The lowest BCUT2D eigenvalue weighted by molar-refractivity contribution is -0.197. The number of likely N-dealkylation sites (tertiary alicyclic amines) is 1. The van der Waals surface area contributed by atoms with Crippen molar-refractivity contribution in [1.82, 2.24) is 9.88 Å². The summed E-state index contributed by atoms with van der Waals surface area (Å²) in [4.78, 5) is 34.2. The lowest BCUT2D eigenvalue weighted by Gasteiger charge is -2.63. The summed E-state index contributed by atoms with van der Waals surface area (Å²) >= 11 is 0. The maximum Gasteiger partial charge on any atom is 0.235 e. The number of phenolic OH excluding ortho intramolecular Hbond substituents is 1. The van der Waals surface area contributed by atoms with E-state index in [1.807, 2.05) is 42.5 Å². The highest BCUT2D eigenvalue weighted by atomic mass is 16.5. The average molecular weight is 538 g/mol. The van der Waals surface area contributed by atoms with E-state index in [0.717, 1.165) is 35.3 Å². The monoisotopic (exact) mass is 537 g/mol. The molecule has 8 heteroatoms. The van der Waals surface area contributed by atoms with Gasteiger partial charge in [0.15, 0.2) is 23.4 Å². The van der Waals surface area contributed by atoms with Gasteiger partial charge in [0, 0.05) is 36.2 Å². The second-order valence-electron chi connectivity index (χ2n) is 12.2. The summed E-state index contributed by atoms with van der Waals surface area (Å²) in [6.45, 7) is 1.68. The van der Waals surface area contributed by atoms with E-state index in [0.29, 0.717) is 30.2 Å². The Morgan fingerprint density at radius 1 is 1.07 bits per heavy atom. The number of carbonyl (C=O) groups is 2. The fraction of sp³-hybridized carbons (Fsp3) is 0.406. The Labute approximate surface area is 232 Å². The van der Waals surface area contributed by atoms with Crippen molar-refractivity contribution in [3.63, 3.8) is 0 Å². The van der Waals surface area contributed by atoms with Gasteiger partial charge in [-0.3, -0.25) is 19.5 Å². The number of phenols is 1. The molecule has 3 heterocycles. The Balaban J connectivity index is 1.14. The smallest absolute Gasteiger partial charge is 0.235 e. The second kappa shape index (κ2) is 8.38. The summed E-state index contributed by atoms with van der Waals surface area (Å²) in [5.74, 6) is -0.906. The summed E-state index contributed by atoms with van der Waals surface area (Å²) in [7, 11) is 0. The number of ether oxygens (including phenoxy) is 1. The van der Waals surface area contributed by atoms with Crippen molar-refractivity contribution in [2.75, 3.05) is 18.4 Å². The van der Waals surface area contributed by atoms with E-state index in [4.69, 9.17) is 4.74 Å². The number of carbonyl (C=O) groups excluding carboxylic acids is 2. The number of aromatic hydroxyl groups is 1. The molecule has 1 unspecified atom stereocenters. The highest BCUT2D eigenvalue weighted by Crippen LogP contribution is 2.65. The molecule has 3 N–H and O–H groups in total. The van der Waals surface area contributed by atoms with Crippen molar-refractivity contribution in [1.29, 1.82) is 0 Å². The minimum atomic E-state index is -1.34. The maximum atomic E-state index is 14.0. The van der Waals surface area contributed by atoms with Gasteiger partial charge in [-0.2, -0.15) is 0 Å². The second-order valence-corrected chi connectivity index (χ2v) is 12.2. The first-order chi connectivity index (χ1) is 19.4. The van der Waals surface area contributed by atoms with E-state index in [-0.39, 0.29) is 24.0 Å². The fourth-order valence-corrected chi connectivity index (χ4v) is 8.04. The molecule has 40 heavy (non-hydrogen) atoms. The Kier molecular flexibility index (Phi) is 5.04. The lowest BCUT2D eigenvalue weighted by atomic mass is 9.47. The molecular weight excluding hydrogens is 506 g/mol. The summed E-state index contributed by atoms with van der Waals surface area (Å²) in [5, 5.41) is 26.4. The number of Topliss-reactive ketones (excluding diaryl/α,β-unsaturated/α-hetero) is 1. The van der Waals surface area contributed by atoms with Crippen LogP contribution in [-0.4, -0.2) is 62.6 Å². The Bertz CT molecular complexity index is 1540. The first-order valence-electron chi connectivity index (χ1n) is 14.2. The molecule has 2 aliphatic heterocycles. The van der Waals surface area contributed by atoms with Crippen LogP contribution in [0.25, 0.3) is 11.1 Å². The number of pyridine rings is 1. The van der Waals surface area contributed by atoms with Crippen LogP contribution in [0, 0.1) is 11.8 Å². The molecule has 3 aromatic rings. The predicted molar refractivity (Wildman–Crippen MR) is 147 cm³/mol. The molecule has 2 aromatic carbocycles. The quantitative estimate of drug-likeness (QED) is 0.428. The van der Waals surface area contributed by atoms with E-state index >= 15 is 0 Å².